The van der Waals surface area contributed by atoms with Gasteiger partial charge < -0.3 is 4.90 Å². The molecule has 0 bridgehead atoms. The first-order valence-electron chi connectivity index (χ1n) is 11.4. The van der Waals surface area contributed by atoms with Crippen molar-refractivity contribution in [3.63, 3.8) is 0 Å². The molecule has 5 nitrogen and oxygen atoms in total. The SMILES string of the molecule is O=C(C1CCN(S(=O)(=O)Cc2ccccc2)CC1)N1CCC(Cc2ccccc2)CC1. The fourth-order valence-electron chi connectivity index (χ4n) is 4.82. The Morgan fingerprint density at radius 1 is 0.774 bits per heavy atom. The van der Waals surface area contributed by atoms with E-state index in [0.717, 1.165) is 37.9 Å². The Kier molecular flexibility index (Phi) is 7.08. The number of nitrogens with zero attached hydrogens (tertiary/aromatic N) is 2. The van der Waals surface area contributed by atoms with Crippen molar-refractivity contribution >= 4 is 15.9 Å². The Hall–Kier alpha value is -2.18. The molecule has 0 aliphatic carbocycles. The van der Waals surface area contributed by atoms with Gasteiger partial charge in [0.2, 0.25) is 15.9 Å². The van der Waals surface area contributed by atoms with Gasteiger partial charge in [-0.1, -0.05) is 60.7 Å². The first kappa shape index (κ1) is 22.0. The minimum Gasteiger partial charge on any atom is -0.342 e. The number of carbonyl (C=O) groups excluding carboxylic acids is 1. The van der Waals surface area contributed by atoms with Crippen molar-refractivity contribution in [3.05, 3.63) is 71.8 Å². The standard InChI is InChI=1S/C25H32N2O3S/c28-25(26-15-11-22(12-16-26)19-21-7-3-1-4-8-21)24-13-17-27(18-14-24)31(29,30)20-23-9-5-2-6-10-23/h1-10,22,24H,11-20H2. The van der Waals surface area contributed by atoms with Gasteiger partial charge in [-0.3, -0.25) is 4.79 Å². The van der Waals surface area contributed by atoms with Crippen LogP contribution in [-0.2, 0) is 27.0 Å². The van der Waals surface area contributed by atoms with Gasteiger partial charge >= 0.3 is 0 Å². The van der Waals surface area contributed by atoms with Crippen molar-refractivity contribution in [2.45, 2.75) is 37.9 Å². The first-order chi connectivity index (χ1) is 15.0. The third-order valence-electron chi connectivity index (χ3n) is 6.68. The topological polar surface area (TPSA) is 57.7 Å². The zero-order valence-electron chi connectivity index (χ0n) is 18.0. The lowest BCUT2D eigenvalue weighted by atomic mass is 9.89. The van der Waals surface area contributed by atoms with Gasteiger partial charge in [0.25, 0.3) is 0 Å². The van der Waals surface area contributed by atoms with E-state index in [0.29, 0.717) is 31.8 Å². The molecule has 6 heteroatoms. The molecule has 2 aromatic carbocycles. The Labute approximate surface area is 186 Å². The Balaban J connectivity index is 1.24. The zero-order chi connectivity index (χ0) is 21.7. The molecule has 2 aromatic rings. The predicted octanol–water partition coefficient (Wildman–Crippen LogP) is 3.71. The van der Waals surface area contributed by atoms with Gasteiger partial charge in [0.05, 0.1) is 5.75 Å². The van der Waals surface area contributed by atoms with Crippen molar-refractivity contribution in [1.29, 1.82) is 0 Å². The van der Waals surface area contributed by atoms with E-state index in [4.69, 9.17) is 0 Å². The minimum absolute atomic E-state index is 0.0291. The summed E-state index contributed by atoms with van der Waals surface area (Å²) in [6.07, 6.45) is 4.42. The van der Waals surface area contributed by atoms with Crippen LogP contribution in [0.2, 0.25) is 0 Å². The van der Waals surface area contributed by atoms with Crippen LogP contribution < -0.4 is 0 Å². The lowest BCUT2D eigenvalue weighted by Crippen LogP contribution is -2.46. The van der Waals surface area contributed by atoms with E-state index in [1.165, 1.54) is 5.56 Å². The van der Waals surface area contributed by atoms with Crippen molar-refractivity contribution in [2.24, 2.45) is 11.8 Å². The molecule has 0 unspecified atom stereocenters. The number of carbonyl (C=O) groups is 1. The number of benzene rings is 2. The molecule has 0 saturated carbocycles. The van der Waals surface area contributed by atoms with Gasteiger partial charge in [0.15, 0.2) is 0 Å². The number of piperidine rings is 2. The minimum atomic E-state index is -3.34. The molecule has 4 rings (SSSR count). The molecule has 2 aliphatic rings. The van der Waals surface area contributed by atoms with Gasteiger partial charge in [-0.15, -0.1) is 0 Å². The summed E-state index contributed by atoms with van der Waals surface area (Å²) < 4.78 is 27.1. The average molecular weight is 441 g/mol. The third kappa shape index (κ3) is 5.74. The number of amides is 1. The summed E-state index contributed by atoms with van der Waals surface area (Å²) in [5.74, 6) is 0.838. The van der Waals surface area contributed by atoms with E-state index in [1.807, 2.05) is 41.3 Å². The highest BCUT2D eigenvalue weighted by Crippen LogP contribution is 2.27. The highest BCUT2D eigenvalue weighted by molar-refractivity contribution is 7.88. The van der Waals surface area contributed by atoms with E-state index < -0.39 is 10.0 Å². The van der Waals surface area contributed by atoms with Gasteiger partial charge in [-0.25, -0.2) is 12.7 Å². The van der Waals surface area contributed by atoms with Gasteiger partial charge in [0.1, 0.15) is 0 Å². The molecule has 0 atom stereocenters. The summed E-state index contributed by atoms with van der Waals surface area (Å²) in [6, 6.07) is 19.9. The lowest BCUT2D eigenvalue weighted by Gasteiger charge is -2.37. The van der Waals surface area contributed by atoms with Crippen LogP contribution in [-0.4, -0.2) is 49.7 Å². The lowest BCUT2D eigenvalue weighted by molar-refractivity contribution is -0.138. The van der Waals surface area contributed by atoms with Gasteiger partial charge in [-0.2, -0.15) is 0 Å². The Morgan fingerprint density at radius 3 is 1.90 bits per heavy atom. The number of hydrogen-bond acceptors (Lipinski definition) is 3. The first-order valence-corrected chi connectivity index (χ1v) is 13.0. The summed E-state index contributed by atoms with van der Waals surface area (Å²) in [5.41, 5.74) is 2.18. The number of sulfonamides is 1. The van der Waals surface area contributed by atoms with Crippen LogP contribution in [0.15, 0.2) is 60.7 Å². The zero-order valence-corrected chi connectivity index (χ0v) is 18.8. The summed E-state index contributed by atoms with van der Waals surface area (Å²) in [6.45, 7) is 2.53. The summed E-state index contributed by atoms with van der Waals surface area (Å²) in [4.78, 5) is 15.0. The average Bonchev–Trinajstić information content (AvgIpc) is 2.80. The molecule has 2 aliphatic heterocycles. The van der Waals surface area contributed by atoms with Crippen LogP contribution >= 0.6 is 0 Å². The summed E-state index contributed by atoms with van der Waals surface area (Å²) >= 11 is 0. The highest BCUT2D eigenvalue weighted by atomic mass is 32.2. The second-order valence-electron chi connectivity index (χ2n) is 8.87. The quantitative estimate of drug-likeness (QED) is 0.688. The molecule has 2 heterocycles. The van der Waals surface area contributed by atoms with E-state index in [9.17, 15) is 13.2 Å². The van der Waals surface area contributed by atoms with E-state index in [2.05, 4.69) is 24.3 Å². The largest absolute Gasteiger partial charge is 0.342 e. The van der Waals surface area contributed by atoms with Crippen LogP contribution in [0.3, 0.4) is 0 Å². The van der Waals surface area contributed by atoms with Crippen LogP contribution in [0, 0.1) is 11.8 Å². The molecular formula is C25H32N2O3S. The number of likely N-dealkylation sites (tertiary alicyclic amines) is 1. The van der Waals surface area contributed by atoms with Crippen molar-refractivity contribution in [2.75, 3.05) is 26.2 Å². The maximum atomic E-state index is 13.0. The van der Waals surface area contributed by atoms with Crippen LogP contribution in [0.4, 0.5) is 0 Å². The molecule has 166 valence electrons. The normalized spacial score (nSPS) is 19.4. The number of rotatable bonds is 6. The maximum absolute atomic E-state index is 13.0. The predicted molar refractivity (Wildman–Crippen MR) is 123 cm³/mol. The smallest absolute Gasteiger partial charge is 0.225 e. The molecule has 0 spiro atoms. The second kappa shape index (κ2) is 9.96. The molecule has 2 saturated heterocycles. The molecule has 1 amide bonds. The second-order valence-corrected chi connectivity index (χ2v) is 10.8. The fraction of sp³-hybridized carbons (Fsp3) is 0.480. The molecule has 0 aromatic heterocycles. The van der Waals surface area contributed by atoms with E-state index >= 15 is 0 Å². The third-order valence-corrected chi connectivity index (χ3v) is 8.53. The maximum Gasteiger partial charge on any atom is 0.225 e. The van der Waals surface area contributed by atoms with E-state index in [1.54, 1.807) is 4.31 Å². The van der Waals surface area contributed by atoms with Crippen LogP contribution in [0.25, 0.3) is 0 Å². The van der Waals surface area contributed by atoms with Crippen molar-refractivity contribution < 1.29 is 13.2 Å². The Morgan fingerprint density at radius 2 is 1.32 bits per heavy atom. The number of hydrogen-bond donors (Lipinski definition) is 0. The molecule has 0 radical (unpaired) electrons. The van der Waals surface area contributed by atoms with Gasteiger partial charge in [-0.05, 0) is 49.1 Å². The van der Waals surface area contributed by atoms with Crippen molar-refractivity contribution in [3.8, 4) is 0 Å². The molecule has 0 N–H and O–H groups in total. The van der Waals surface area contributed by atoms with Crippen molar-refractivity contribution in [1.82, 2.24) is 9.21 Å². The molecule has 31 heavy (non-hydrogen) atoms. The molecule has 2 fully saturated rings. The van der Waals surface area contributed by atoms with Crippen LogP contribution in [0.5, 0.6) is 0 Å². The summed E-state index contributed by atoms with van der Waals surface area (Å²) in [7, 11) is -3.34. The monoisotopic (exact) mass is 440 g/mol. The Bertz CT molecular complexity index is 947. The highest BCUT2D eigenvalue weighted by Gasteiger charge is 2.34. The fourth-order valence-corrected chi connectivity index (χ4v) is 6.38. The summed E-state index contributed by atoms with van der Waals surface area (Å²) in [5, 5.41) is 0. The van der Waals surface area contributed by atoms with E-state index in [-0.39, 0.29) is 17.6 Å². The van der Waals surface area contributed by atoms with Crippen LogP contribution in [0.1, 0.15) is 36.8 Å². The van der Waals surface area contributed by atoms with Gasteiger partial charge in [0, 0.05) is 32.1 Å². The molecular weight excluding hydrogens is 408 g/mol.